The predicted molar refractivity (Wildman–Crippen MR) is 103 cm³/mol. The molecule has 26 heavy (non-hydrogen) atoms. The van der Waals surface area contributed by atoms with Gasteiger partial charge in [-0.2, -0.15) is 5.10 Å². The Bertz CT molecular complexity index is 833. The molecule has 5 rings (SSSR count). The molecule has 2 aliphatic heterocycles. The van der Waals surface area contributed by atoms with Crippen LogP contribution in [-0.4, -0.2) is 40.6 Å². The SMILES string of the molecule is Cc1ccccc1[C@H]1[C@H]2CNC[C@H]2CN1C(=O)c1n[nH]c2c1CCC2.Cl. The smallest absolute Gasteiger partial charge is 0.275 e. The number of hydrogen-bond donors (Lipinski definition) is 2. The summed E-state index contributed by atoms with van der Waals surface area (Å²) in [7, 11) is 0. The maximum Gasteiger partial charge on any atom is 0.275 e. The Labute approximate surface area is 160 Å². The summed E-state index contributed by atoms with van der Waals surface area (Å²) in [5, 5.41) is 11.0. The predicted octanol–water partition coefficient (Wildman–Crippen LogP) is 2.66. The largest absolute Gasteiger partial charge is 0.330 e. The maximum absolute atomic E-state index is 13.4. The van der Waals surface area contributed by atoms with Gasteiger partial charge in [-0.3, -0.25) is 9.89 Å². The van der Waals surface area contributed by atoms with Gasteiger partial charge in [0.05, 0.1) is 6.04 Å². The zero-order valence-electron chi connectivity index (χ0n) is 15.0. The molecule has 3 heterocycles. The molecule has 1 aliphatic carbocycles. The number of benzene rings is 1. The van der Waals surface area contributed by atoms with Crippen LogP contribution in [0.5, 0.6) is 0 Å². The minimum atomic E-state index is 0. The minimum Gasteiger partial charge on any atom is -0.330 e. The first-order chi connectivity index (χ1) is 12.2. The number of aryl methyl sites for hydroxylation is 2. The molecule has 6 heteroatoms. The molecule has 2 saturated heterocycles. The second kappa shape index (κ2) is 6.71. The Morgan fingerprint density at radius 3 is 2.92 bits per heavy atom. The molecule has 2 fully saturated rings. The average molecular weight is 373 g/mol. The molecule has 0 bridgehead atoms. The van der Waals surface area contributed by atoms with Crippen molar-refractivity contribution in [2.75, 3.05) is 19.6 Å². The highest BCUT2D eigenvalue weighted by Gasteiger charge is 2.48. The van der Waals surface area contributed by atoms with Gasteiger partial charge >= 0.3 is 0 Å². The van der Waals surface area contributed by atoms with Crippen LogP contribution in [0.2, 0.25) is 0 Å². The number of carbonyl (C=O) groups excluding carboxylic acids is 1. The van der Waals surface area contributed by atoms with Crippen molar-refractivity contribution in [1.82, 2.24) is 20.4 Å². The van der Waals surface area contributed by atoms with E-state index in [1.54, 1.807) is 0 Å². The summed E-state index contributed by atoms with van der Waals surface area (Å²) in [5.41, 5.74) is 5.55. The summed E-state index contributed by atoms with van der Waals surface area (Å²) in [6.45, 7) is 4.98. The third-order valence-electron chi connectivity index (χ3n) is 6.34. The fraction of sp³-hybridized carbons (Fsp3) is 0.500. The van der Waals surface area contributed by atoms with Gasteiger partial charge in [-0.25, -0.2) is 0 Å². The van der Waals surface area contributed by atoms with Crippen LogP contribution in [0.4, 0.5) is 0 Å². The molecule has 1 aromatic carbocycles. The number of nitrogens with one attached hydrogen (secondary N) is 2. The summed E-state index contributed by atoms with van der Waals surface area (Å²) in [5.74, 6) is 1.15. The van der Waals surface area contributed by atoms with Crippen molar-refractivity contribution in [3.63, 3.8) is 0 Å². The Hall–Kier alpha value is -1.85. The van der Waals surface area contributed by atoms with E-state index in [9.17, 15) is 4.79 Å². The quantitative estimate of drug-likeness (QED) is 0.852. The van der Waals surface area contributed by atoms with E-state index in [4.69, 9.17) is 0 Å². The molecule has 0 radical (unpaired) electrons. The molecule has 0 saturated carbocycles. The fourth-order valence-corrected chi connectivity index (χ4v) is 5.08. The zero-order chi connectivity index (χ0) is 17.0. The molecule has 2 aromatic rings. The van der Waals surface area contributed by atoms with Crippen molar-refractivity contribution in [3.05, 3.63) is 52.3 Å². The number of hydrogen-bond acceptors (Lipinski definition) is 3. The molecule has 3 atom stereocenters. The average Bonchev–Trinajstić information content (AvgIpc) is 3.35. The summed E-state index contributed by atoms with van der Waals surface area (Å²) < 4.78 is 0. The first kappa shape index (κ1) is 17.6. The lowest BCUT2D eigenvalue weighted by Crippen LogP contribution is -2.35. The van der Waals surface area contributed by atoms with Gasteiger partial charge in [0, 0.05) is 36.8 Å². The molecule has 0 unspecified atom stereocenters. The van der Waals surface area contributed by atoms with Gasteiger partial charge < -0.3 is 10.2 Å². The number of nitrogens with zero attached hydrogens (tertiary/aromatic N) is 2. The first-order valence-electron chi connectivity index (χ1n) is 9.37. The Kier molecular flexibility index (Phi) is 4.53. The number of rotatable bonds is 2. The third kappa shape index (κ3) is 2.57. The van der Waals surface area contributed by atoms with Crippen molar-refractivity contribution in [1.29, 1.82) is 0 Å². The van der Waals surface area contributed by atoms with Crippen molar-refractivity contribution in [2.24, 2.45) is 11.8 Å². The number of amides is 1. The van der Waals surface area contributed by atoms with Crippen molar-refractivity contribution >= 4 is 18.3 Å². The summed E-state index contributed by atoms with van der Waals surface area (Å²) in [6.07, 6.45) is 3.12. The monoisotopic (exact) mass is 372 g/mol. The topological polar surface area (TPSA) is 61.0 Å². The normalized spacial score (nSPS) is 26.5. The van der Waals surface area contributed by atoms with E-state index in [2.05, 4.69) is 51.6 Å². The lowest BCUT2D eigenvalue weighted by atomic mass is 9.87. The lowest BCUT2D eigenvalue weighted by Gasteiger charge is -2.29. The Morgan fingerprint density at radius 1 is 1.23 bits per heavy atom. The highest BCUT2D eigenvalue weighted by atomic mass is 35.5. The van der Waals surface area contributed by atoms with Gasteiger partial charge in [0.25, 0.3) is 5.91 Å². The van der Waals surface area contributed by atoms with Crippen LogP contribution in [-0.2, 0) is 12.8 Å². The third-order valence-corrected chi connectivity index (χ3v) is 6.34. The highest BCUT2D eigenvalue weighted by molar-refractivity contribution is 5.94. The van der Waals surface area contributed by atoms with Crippen LogP contribution in [0.15, 0.2) is 24.3 Å². The number of carbonyl (C=O) groups is 1. The lowest BCUT2D eigenvalue weighted by molar-refractivity contribution is 0.0706. The number of fused-ring (bicyclic) bond motifs is 2. The zero-order valence-corrected chi connectivity index (χ0v) is 15.8. The Balaban J connectivity index is 0.00000168. The van der Waals surface area contributed by atoms with E-state index in [0.29, 0.717) is 17.5 Å². The van der Waals surface area contributed by atoms with Gasteiger partial charge in [-0.1, -0.05) is 24.3 Å². The molecule has 0 spiro atoms. The minimum absolute atomic E-state index is 0. The molecule has 3 aliphatic rings. The van der Waals surface area contributed by atoms with Crippen LogP contribution in [0, 0.1) is 18.8 Å². The van der Waals surface area contributed by atoms with Gasteiger partial charge in [0.15, 0.2) is 5.69 Å². The van der Waals surface area contributed by atoms with E-state index < -0.39 is 0 Å². The number of H-pyrrole nitrogens is 1. The molecular formula is C20H25ClN4O. The van der Waals surface area contributed by atoms with Gasteiger partial charge in [-0.05, 0) is 43.2 Å². The number of aromatic nitrogens is 2. The highest BCUT2D eigenvalue weighted by Crippen LogP contribution is 2.44. The van der Waals surface area contributed by atoms with Crippen LogP contribution in [0.3, 0.4) is 0 Å². The fourth-order valence-electron chi connectivity index (χ4n) is 5.08. The van der Waals surface area contributed by atoms with Gasteiger partial charge in [0.2, 0.25) is 0 Å². The van der Waals surface area contributed by atoms with Gasteiger partial charge in [-0.15, -0.1) is 12.4 Å². The molecule has 5 nitrogen and oxygen atoms in total. The summed E-state index contributed by atoms with van der Waals surface area (Å²) >= 11 is 0. The van der Waals surface area contributed by atoms with Crippen molar-refractivity contribution in [3.8, 4) is 0 Å². The first-order valence-corrected chi connectivity index (χ1v) is 9.37. The van der Waals surface area contributed by atoms with E-state index >= 15 is 0 Å². The van der Waals surface area contributed by atoms with E-state index in [-0.39, 0.29) is 24.4 Å². The maximum atomic E-state index is 13.4. The molecule has 1 aromatic heterocycles. The van der Waals surface area contributed by atoms with Crippen LogP contribution in [0.1, 0.15) is 45.3 Å². The number of aromatic amines is 1. The van der Waals surface area contributed by atoms with Crippen LogP contribution in [0.25, 0.3) is 0 Å². The van der Waals surface area contributed by atoms with Crippen LogP contribution >= 0.6 is 12.4 Å². The van der Waals surface area contributed by atoms with E-state index in [0.717, 1.165) is 50.2 Å². The Morgan fingerprint density at radius 2 is 2.08 bits per heavy atom. The molecule has 138 valence electrons. The van der Waals surface area contributed by atoms with Crippen molar-refractivity contribution in [2.45, 2.75) is 32.2 Å². The van der Waals surface area contributed by atoms with E-state index in [1.165, 1.54) is 11.1 Å². The van der Waals surface area contributed by atoms with Crippen molar-refractivity contribution < 1.29 is 4.79 Å². The molecule has 2 N–H and O–H groups in total. The standard InChI is InChI=1S/C20H24N4O.ClH/c1-12-5-2-3-6-14(12)19-16-10-21-9-13(16)11-24(19)20(25)18-15-7-4-8-17(15)22-23-18;/h2-3,5-6,13,16,19,21H,4,7-11H2,1H3,(H,22,23);1H/t13-,16-,19-;/m0./s1. The summed E-state index contributed by atoms with van der Waals surface area (Å²) in [6, 6.07) is 8.66. The summed E-state index contributed by atoms with van der Waals surface area (Å²) in [4.78, 5) is 15.5. The molecular weight excluding hydrogens is 348 g/mol. The van der Waals surface area contributed by atoms with Crippen LogP contribution < -0.4 is 5.32 Å². The van der Waals surface area contributed by atoms with E-state index in [1.807, 2.05) is 0 Å². The second-order valence-corrected chi connectivity index (χ2v) is 7.72. The number of halogens is 1. The van der Waals surface area contributed by atoms with Gasteiger partial charge in [0.1, 0.15) is 0 Å². The second-order valence-electron chi connectivity index (χ2n) is 7.72. The number of likely N-dealkylation sites (tertiary alicyclic amines) is 1. The molecule has 1 amide bonds.